The second-order valence-electron chi connectivity index (χ2n) is 3.14. The fraction of sp³-hybridized carbons (Fsp3) is 0.273. The number of nitrogens with zero attached hydrogens (tertiary/aromatic N) is 1. The number of nitrogens with two attached hydrogens (primary N) is 1. The van der Waals surface area contributed by atoms with Crippen LogP contribution in [0.1, 0.15) is 12.0 Å². The Balaban J connectivity index is 2.61. The van der Waals surface area contributed by atoms with Crippen molar-refractivity contribution < 1.29 is 9.53 Å². The summed E-state index contributed by atoms with van der Waals surface area (Å²) in [5, 5.41) is 11.3. The van der Waals surface area contributed by atoms with E-state index in [1.165, 1.54) is 6.07 Å². The lowest BCUT2D eigenvalue weighted by Gasteiger charge is -2.07. The van der Waals surface area contributed by atoms with Gasteiger partial charge >= 0.3 is 0 Å². The van der Waals surface area contributed by atoms with Crippen molar-refractivity contribution in [2.24, 2.45) is 0 Å². The van der Waals surface area contributed by atoms with Crippen LogP contribution in [0.4, 0.5) is 5.69 Å². The predicted molar refractivity (Wildman–Crippen MR) is 59.7 cm³/mol. The molecule has 0 saturated carbocycles. The minimum atomic E-state index is -0.103. The van der Waals surface area contributed by atoms with Gasteiger partial charge in [0, 0.05) is 12.7 Å². The van der Waals surface area contributed by atoms with Crippen molar-refractivity contribution in [1.29, 1.82) is 5.26 Å². The maximum absolute atomic E-state index is 10.9. The number of hydrogen-bond acceptors (Lipinski definition) is 4. The summed E-state index contributed by atoms with van der Waals surface area (Å²) in [6, 6.07) is 6.79. The number of hydrogen-bond donors (Lipinski definition) is 2. The van der Waals surface area contributed by atoms with Gasteiger partial charge in [0.15, 0.2) is 0 Å². The number of nitriles is 1. The molecule has 0 aliphatic carbocycles. The summed E-state index contributed by atoms with van der Waals surface area (Å²) in [5.74, 6) is 0.342. The molecule has 0 spiro atoms. The molecule has 3 N–H and O–H groups in total. The molecule has 0 unspecified atom stereocenters. The molecule has 1 rings (SSSR count). The molecule has 0 heterocycles. The second kappa shape index (κ2) is 5.61. The van der Waals surface area contributed by atoms with Crippen LogP contribution < -0.4 is 15.8 Å². The smallest absolute Gasteiger partial charge is 0.223 e. The third-order valence-electron chi connectivity index (χ3n) is 1.99. The molecule has 0 atom stereocenters. The fourth-order valence-corrected chi connectivity index (χ4v) is 1.14. The van der Waals surface area contributed by atoms with E-state index in [9.17, 15) is 4.79 Å². The Bertz CT molecular complexity index is 424. The highest BCUT2D eigenvalue weighted by Gasteiger charge is 2.04. The summed E-state index contributed by atoms with van der Waals surface area (Å²) in [5.41, 5.74) is 6.41. The molecular formula is C11H13N3O2. The van der Waals surface area contributed by atoms with Gasteiger partial charge in [-0.3, -0.25) is 4.79 Å². The Hall–Kier alpha value is -2.22. The maximum Gasteiger partial charge on any atom is 0.223 e. The van der Waals surface area contributed by atoms with E-state index in [0.717, 1.165) is 0 Å². The maximum atomic E-state index is 10.9. The monoisotopic (exact) mass is 219 g/mol. The third-order valence-corrected chi connectivity index (χ3v) is 1.99. The van der Waals surface area contributed by atoms with Crippen molar-refractivity contribution in [3.05, 3.63) is 23.8 Å². The van der Waals surface area contributed by atoms with Crippen LogP contribution in [0, 0.1) is 11.3 Å². The van der Waals surface area contributed by atoms with Crippen LogP contribution in [-0.4, -0.2) is 19.6 Å². The number of nitrogens with one attached hydrogen (secondary N) is 1. The Morgan fingerprint density at radius 1 is 1.62 bits per heavy atom. The minimum absolute atomic E-state index is 0.103. The van der Waals surface area contributed by atoms with E-state index < -0.39 is 0 Å². The number of ether oxygens (including phenoxy) is 1. The number of carbonyl (C=O) groups is 1. The quantitative estimate of drug-likeness (QED) is 0.728. The summed E-state index contributed by atoms with van der Waals surface area (Å²) in [7, 11) is 1.56. The Kier molecular flexibility index (Phi) is 4.16. The van der Waals surface area contributed by atoms with Crippen LogP contribution in [-0.2, 0) is 4.79 Å². The van der Waals surface area contributed by atoms with Gasteiger partial charge in [-0.1, -0.05) is 0 Å². The molecule has 1 amide bonds. The van der Waals surface area contributed by atoms with E-state index in [0.29, 0.717) is 17.0 Å². The van der Waals surface area contributed by atoms with Gasteiger partial charge in [0.05, 0.1) is 18.6 Å². The number of rotatable bonds is 4. The molecule has 0 aliphatic rings. The first-order chi connectivity index (χ1) is 7.67. The standard InChI is InChI=1S/C11H13N3O2/c1-14-11(15)4-5-16-10-3-2-9(13)6-8(10)7-12/h2-3,6H,4-5,13H2,1H3,(H,14,15). The predicted octanol–water partition coefficient (Wildman–Crippen LogP) is 0.655. The topological polar surface area (TPSA) is 88.1 Å². The molecular weight excluding hydrogens is 206 g/mol. The molecule has 16 heavy (non-hydrogen) atoms. The van der Waals surface area contributed by atoms with E-state index in [-0.39, 0.29) is 18.9 Å². The van der Waals surface area contributed by atoms with Crippen molar-refractivity contribution >= 4 is 11.6 Å². The van der Waals surface area contributed by atoms with E-state index in [1.54, 1.807) is 19.2 Å². The van der Waals surface area contributed by atoms with Crippen molar-refractivity contribution in [2.45, 2.75) is 6.42 Å². The first-order valence-electron chi connectivity index (χ1n) is 4.80. The van der Waals surface area contributed by atoms with Gasteiger partial charge in [-0.25, -0.2) is 0 Å². The first-order valence-corrected chi connectivity index (χ1v) is 4.80. The molecule has 1 aromatic rings. The van der Waals surface area contributed by atoms with Crippen LogP contribution >= 0.6 is 0 Å². The van der Waals surface area contributed by atoms with E-state index >= 15 is 0 Å². The summed E-state index contributed by atoms with van der Waals surface area (Å²) >= 11 is 0. The van der Waals surface area contributed by atoms with Gasteiger partial charge in [0.2, 0.25) is 5.91 Å². The lowest BCUT2D eigenvalue weighted by Crippen LogP contribution is -2.20. The Morgan fingerprint density at radius 2 is 2.38 bits per heavy atom. The van der Waals surface area contributed by atoms with Crippen LogP contribution in [0.3, 0.4) is 0 Å². The highest BCUT2D eigenvalue weighted by atomic mass is 16.5. The molecule has 0 saturated heterocycles. The van der Waals surface area contributed by atoms with Crippen molar-refractivity contribution in [3.8, 4) is 11.8 Å². The third kappa shape index (κ3) is 3.17. The highest BCUT2D eigenvalue weighted by Crippen LogP contribution is 2.20. The molecule has 84 valence electrons. The Labute approximate surface area is 93.8 Å². The number of anilines is 1. The van der Waals surface area contributed by atoms with Crippen LogP contribution in [0.25, 0.3) is 0 Å². The van der Waals surface area contributed by atoms with E-state index in [4.69, 9.17) is 15.7 Å². The largest absolute Gasteiger partial charge is 0.492 e. The molecule has 0 aromatic heterocycles. The zero-order valence-corrected chi connectivity index (χ0v) is 8.99. The van der Waals surface area contributed by atoms with Crippen molar-refractivity contribution in [3.63, 3.8) is 0 Å². The number of nitrogen functional groups attached to an aromatic ring is 1. The lowest BCUT2D eigenvalue weighted by molar-refractivity contribution is -0.121. The first kappa shape index (κ1) is 11.9. The molecule has 0 aliphatic heterocycles. The Morgan fingerprint density at radius 3 is 3.00 bits per heavy atom. The molecule has 5 heteroatoms. The summed E-state index contributed by atoms with van der Waals surface area (Å²) in [4.78, 5) is 10.9. The molecule has 0 fully saturated rings. The zero-order valence-electron chi connectivity index (χ0n) is 8.99. The average molecular weight is 219 g/mol. The van der Waals surface area contributed by atoms with Crippen LogP contribution in [0.2, 0.25) is 0 Å². The van der Waals surface area contributed by atoms with E-state index in [1.807, 2.05) is 6.07 Å². The lowest BCUT2D eigenvalue weighted by atomic mass is 10.2. The van der Waals surface area contributed by atoms with Gasteiger partial charge in [-0.2, -0.15) is 5.26 Å². The van der Waals surface area contributed by atoms with Crippen LogP contribution in [0.5, 0.6) is 5.75 Å². The van der Waals surface area contributed by atoms with Crippen LogP contribution in [0.15, 0.2) is 18.2 Å². The molecule has 1 aromatic carbocycles. The highest BCUT2D eigenvalue weighted by molar-refractivity contribution is 5.75. The van der Waals surface area contributed by atoms with Gasteiger partial charge in [0.25, 0.3) is 0 Å². The zero-order chi connectivity index (χ0) is 12.0. The average Bonchev–Trinajstić information content (AvgIpc) is 2.30. The normalized spacial score (nSPS) is 9.25. The number of benzene rings is 1. The van der Waals surface area contributed by atoms with Crippen molar-refractivity contribution in [2.75, 3.05) is 19.4 Å². The SMILES string of the molecule is CNC(=O)CCOc1ccc(N)cc1C#N. The van der Waals surface area contributed by atoms with Gasteiger partial charge in [-0.15, -0.1) is 0 Å². The van der Waals surface area contributed by atoms with Gasteiger partial charge in [-0.05, 0) is 18.2 Å². The van der Waals surface area contributed by atoms with Gasteiger partial charge in [0.1, 0.15) is 11.8 Å². The number of carbonyl (C=O) groups excluding carboxylic acids is 1. The number of amides is 1. The minimum Gasteiger partial charge on any atom is -0.492 e. The van der Waals surface area contributed by atoms with E-state index in [2.05, 4.69) is 5.32 Å². The molecule has 5 nitrogen and oxygen atoms in total. The summed E-state index contributed by atoms with van der Waals surface area (Å²) in [6.07, 6.45) is 0.256. The fourth-order valence-electron chi connectivity index (χ4n) is 1.14. The summed E-state index contributed by atoms with van der Waals surface area (Å²) < 4.78 is 5.32. The molecule has 0 bridgehead atoms. The van der Waals surface area contributed by atoms with Crippen molar-refractivity contribution in [1.82, 2.24) is 5.32 Å². The second-order valence-corrected chi connectivity index (χ2v) is 3.14. The molecule has 0 radical (unpaired) electrons. The summed E-state index contributed by atoms with van der Waals surface area (Å²) in [6.45, 7) is 0.234. The van der Waals surface area contributed by atoms with Gasteiger partial charge < -0.3 is 15.8 Å².